The van der Waals surface area contributed by atoms with Gasteiger partial charge in [0.2, 0.25) is 10.0 Å². The van der Waals surface area contributed by atoms with Crippen molar-refractivity contribution in [1.82, 2.24) is 9.29 Å². The van der Waals surface area contributed by atoms with Gasteiger partial charge in [0.25, 0.3) is 0 Å². The van der Waals surface area contributed by atoms with Crippen LogP contribution in [0.15, 0.2) is 71.9 Å². The van der Waals surface area contributed by atoms with Crippen LogP contribution in [0, 0.1) is 0 Å². The third-order valence-corrected chi connectivity index (χ3v) is 6.60. The first-order valence-corrected chi connectivity index (χ1v) is 10.6. The Labute approximate surface area is 163 Å². The molecule has 0 bridgehead atoms. The number of aryl methyl sites for hydroxylation is 1. The second-order valence-corrected chi connectivity index (χ2v) is 8.78. The maximum absolute atomic E-state index is 12.8. The van der Waals surface area contributed by atoms with E-state index in [4.69, 9.17) is 8.83 Å². The summed E-state index contributed by atoms with van der Waals surface area (Å²) in [6.45, 7) is -0.331. The lowest BCUT2D eigenvalue weighted by atomic mass is 9.94. The molecule has 0 saturated heterocycles. The fraction of sp³-hybridized carbons (Fsp3) is 0.167. The van der Waals surface area contributed by atoms with Crippen LogP contribution in [0.1, 0.15) is 11.3 Å². The first-order valence-electron chi connectivity index (χ1n) is 8.19. The molecular weight excluding hydrogens is 404 g/mol. The van der Waals surface area contributed by atoms with Crippen LogP contribution >= 0.6 is 11.3 Å². The number of aliphatic hydroxyl groups is 1. The summed E-state index contributed by atoms with van der Waals surface area (Å²) in [6, 6.07) is 9.01. The summed E-state index contributed by atoms with van der Waals surface area (Å²) in [5.74, 6) is -0.358. The van der Waals surface area contributed by atoms with Crippen molar-refractivity contribution in [3.63, 3.8) is 0 Å². The van der Waals surface area contributed by atoms with E-state index in [1.165, 1.54) is 47.4 Å². The number of nitrogens with zero attached hydrogens (tertiary/aromatic N) is 1. The number of aromatic nitrogens is 1. The van der Waals surface area contributed by atoms with Crippen LogP contribution in [0.5, 0.6) is 0 Å². The molecule has 0 amide bonds. The van der Waals surface area contributed by atoms with E-state index in [1.807, 2.05) is 0 Å². The molecule has 0 fully saturated rings. The Balaban J connectivity index is 1.67. The summed E-state index contributed by atoms with van der Waals surface area (Å²) < 4.78 is 39.6. The fourth-order valence-electron chi connectivity index (χ4n) is 2.90. The standard InChI is InChI=1S/C18H16N2O6S2/c1-20-14-9-13(4-5-15(14)26-17(20)21)28(23,24)19-11-18(22,12-6-8-27-10-12)16-3-2-7-25-16/h2-10,19,22H,11H2,1H3. The van der Waals surface area contributed by atoms with Crippen LogP contribution in [-0.2, 0) is 22.7 Å². The number of thiophene rings is 1. The van der Waals surface area contributed by atoms with Crippen LogP contribution in [0.3, 0.4) is 0 Å². The van der Waals surface area contributed by atoms with Crippen LogP contribution in [0.25, 0.3) is 11.1 Å². The molecule has 28 heavy (non-hydrogen) atoms. The van der Waals surface area contributed by atoms with E-state index in [-0.39, 0.29) is 22.8 Å². The second-order valence-electron chi connectivity index (χ2n) is 6.23. The molecule has 4 aromatic rings. The number of nitrogens with one attached hydrogen (secondary N) is 1. The number of hydrogen-bond acceptors (Lipinski definition) is 7. The smallest absolute Gasteiger partial charge is 0.419 e. The van der Waals surface area contributed by atoms with Crippen LogP contribution in [0.4, 0.5) is 0 Å². The van der Waals surface area contributed by atoms with Crippen LogP contribution in [0.2, 0.25) is 0 Å². The molecule has 146 valence electrons. The minimum atomic E-state index is -3.98. The highest BCUT2D eigenvalue weighted by molar-refractivity contribution is 7.89. The van der Waals surface area contributed by atoms with Gasteiger partial charge in [-0.3, -0.25) is 4.57 Å². The minimum absolute atomic E-state index is 0.0523. The Kier molecular flexibility index (Phi) is 4.50. The molecule has 0 radical (unpaired) electrons. The molecule has 3 heterocycles. The maximum Gasteiger partial charge on any atom is 0.419 e. The van der Waals surface area contributed by atoms with Crippen molar-refractivity contribution in [2.24, 2.45) is 7.05 Å². The van der Waals surface area contributed by atoms with Crippen molar-refractivity contribution in [3.8, 4) is 0 Å². The SMILES string of the molecule is Cn1c(=O)oc2ccc(S(=O)(=O)NCC(O)(c3ccsc3)c3ccco3)cc21. The van der Waals surface area contributed by atoms with E-state index in [1.54, 1.807) is 29.0 Å². The van der Waals surface area contributed by atoms with E-state index in [0.717, 1.165) is 0 Å². The molecule has 1 atom stereocenters. The van der Waals surface area contributed by atoms with Gasteiger partial charge >= 0.3 is 5.76 Å². The first-order chi connectivity index (χ1) is 13.3. The van der Waals surface area contributed by atoms with Gasteiger partial charge < -0.3 is 13.9 Å². The van der Waals surface area contributed by atoms with E-state index in [2.05, 4.69) is 4.72 Å². The quantitative estimate of drug-likeness (QED) is 0.493. The molecule has 0 aliphatic heterocycles. The first kappa shape index (κ1) is 18.7. The maximum atomic E-state index is 12.8. The Bertz CT molecular complexity index is 1230. The number of sulfonamides is 1. The topological polar surface area (TPSA) is 115 Å². The molecule has 1 aromatic carbocycles. The summed E-state index contributed by atoms with van der Waals surface area (Å²) in [6.07, 6.45) is 1.41. The van der Waals surface area contributed by atoms with Crippen LogP contribution < -0.4 is 10.5 Å². The zero-order valence-electron chi connectivity index (χ0n) is 14.7. The van der Waals surface area contributed by atoms with Crippen molar-refractivity contribution in [3.05, 3.63) is 75.3 Å². The molecule has 8 nitrogen and oxygen atoms in total. The molecular formula is C18H16N2O6S2. The Morgan fingerprint density at radius 2 is 2.11 bits per heavy atom. The van der Waals surface area contributed by atoms with Gasteiger partial charge in [0.05, 0.1) is 23.2 Å². The third kappa shape index (κ3) is 3.10. The average Bonchev–Trinajstić information content (AvgIpc) is 3.43. The number of fused-ring (bicyclic) bond motifs is 1. The monoisotopic (exact) mass is 420 g/mol. The van der Waals surface area contributed by atoms with Gasteiger partial charge in [-0.2, -0.15) is 11.3 Å². The second kappa shape index (κ2) is 6.74. The van der Waals surface area contributed by atoms with E-state index < -0.39 is 21.4 Å². The number of benzene rings is 1. The average molecular weight is 420 g/mol. The van der Waals surface area contributed by atoms with Gasteiger partial charge in [0.15, 0.2) is 11.2 Å². The lowest BCUT2D eigenvalue weighted by Crippen LogP contribution is -2.41. The van der Waals surface area contributed by atoms with Gasteiger partial charge in [-0.25, -0.2) is 17.9 Å². The predicted molar refractivity (Wildman–Crippen MR) is 103 cm³/mol. The minimum Gasteiger partial charge on any atom is -0.466 e. The number of rotatable bonds is 6. The molecule has 1 unspecified atom stereocenters. The van der Waals surface area contributed by atoms with Crippen molar-refractivity contribution in [2.45, 2.75) is 10.5 Å². The summed E-state index contributed by atoms with van der Waals surface area (Å²) >= 11 is 1.38. The summed E-state index contributed by atoms with van der Waals surface area (Å²) in [5.41, 5.74) is -0.505. The van der Waals surface area contributed by atoms with Gasteiger partial charge in [0, 0.05) is 12.6 Å². The largest absolute Gasteiger partial charge is 0.466 e. The zero-order valence-corrected chi connectivity index (χ0v) is 16.3. The lowest BCUT2D eigenvalue weighted by molar-refractivity contribution is 0.0623. The van der Waals surface area contributed by atoms with Gasteiger partial charge in [-0.15, -0.1) is 0 Å². The van der Waals surface area contributed by atoms with E-state index >= 15 is 0 Å². The molecule has 0 spiro atoms. The lowest BCUT2D eigenvalue weighted by Gasteiger charge is -2.25. The molecule has 0 aliphatic rings. The molecule has 10 heteroatoms. The Morgan fingerprint density at radius 1 is 1.29 bits per heavy atom. The number of furan rings is 1. The molecule has 3 aromatic heterocycles. The summed E-state index contributed by atoms with van der Waals surface area (Å²) in [4.78, 5) is 11.6. The van der Waals surface area contributed by atoms with Gasteiger partial charge in [-0.05, 0) is 47.2 Å². The van der Waals surface area contributed by atoms with E-state index in [9.17, 15) is 18.3 Å². The van der Waals surface area contributed by atoms with Crippen molar-refractivity contribution < 1.29 is 22.4 Å². The highest BCUT2D eigenvalue weighted by atomic mass is 32.2. The summed E-state index contributed by atoms with van der Waals surface area (Å²) in [5, 5.41) is 14.7. The fourth-order valence-corrected chi connectivity index (χ4v) is 4.70. The molecule has 0 aliphatic carbocycles. The predicted octanol–water partition coefficient (Wildman–Crippen LogP) is 2.00. The third-order valence-electron chi connectivity index (χ3n) is 4.52. The van der Waals surface area contributed by atoms with Crippen molar-refractivity contribution in [1.29, 1.82) is 0 Å². The number of hydrogen-bond donors (Lipinski definition) is 2. The molecule has 0 saturated carbocycles. The zero-order chi connectivity index (χ0) is 19.9. The van der Waals surface area contributed by atoms with Gasteiger partial charge in [0.1, 0.15) is 5.76 Å². The van der Waals surface area contributed by atoms with Gasteiger partial charge in [-0.1, -0.05) is 0 Å². The Hall–Kier alpha value is -2.66. The van der Waals surface area contributed by atoms with Crippen molar-refractivity contribution >= 4 is 32.5 Å². The highest BCUT2D eigenvalue weighted by Gasteiger charge is 2.36. The molecule has 4 rings (SSSR count). The number of oxazole rings is 1. The summed E-state index contributed by atoms with van der Waals surface area (Å²) in [7, 11) is -2.49. The highest BCUT2D eigenvalue weighted by Crippen LogP contribution is 2.31. The Morgan fingerprint density at radius 3 is 2.79 bits per heavy atom. The van der Waals surface area contributed by atoms with E-state index in [0.29, 0.717) is 11.1 Å². The van der Waals surface area contributed by atoms with Crippen molar-refractivity contribution in [2.75, 3.05) is 6.54 Å². The molecule has 2 N–H and O–H groups in total. The van der Waals surface area contributed by atoms with Crippen LogP contribution in [-0.4, -0.2) is 24.6 Å². The normalized spacial score (nSPS) is 14.4.